The minimum absolute atomic E-state index is 0.0825. The highest BCUT2D eigenvalue weighted by atomic mass is 16.6. The topological polar surface area (TPSA) is 72.8 Å². The number of aliphatic hydroxyl groups is 1. The van der Waals surface area contributed by atoms with Crippen molar-refractivity contribution in [1.29, 1.82) is 0 Å². The van der Waals surface area contributed by atoms with E-state index >= 15 is 0 Å². The number of rotatable bonds is 55. The molecular weight excluding hydrogens is 933 g/mol. The average molecular weight is 1050 g/mol. The molecule has 5 nitrogen and oxygen atoms in total. The summed E-state index contributed by atoms with van der Waals surface area (Å²) in [5.74, 6) is -0.616. The van der Waals surface area contributed by atoms with E-state index in [0.717, 1.165) is 122 Å². The highest BCUT2D eigenvalue weighted by molar-refractivity contribution is 5.70. The second kappa shape index (κ2) is 64.8. The minimum Gasteiger partial charge on any atom is -0.462 e. The minimum atomic E-state index is -0.792. The summed E-state index contributed by atoms with van der Waals surface area (Å²) in [6, 6.07) is 0. The quantitative estimate of drug-likeness (QED) is 0.0373. The second-order valence-corrected chi connectivity index (χ2v) is 20.0. The number of hydrogen-bond donors (Lipinski definition) is 1. The lowest BCUT2D eigenvalue weighted by molar-refractivity contribution is -0.161. The number of esters is 2. The molecule has 0 aliphatic carbocycles. The van der Waals surface area contributed by atoms with Crippen LogP contribution in [0.2, 0.25) is 0 Å². The third-order valence-corrected chi connectivity index (χ3v) is 12.8. The van der Waals surface area contributed by atoms with Crippen molar-refractivity contribution in [3.05, 3.63) is 158 Å². The summed E-state index contributed by atoms with van der Waals surface area (Å²) in [4.78, 5) is 24.6. The normalized spacial score (nSPS) is 13.4. The molecule has 0 saturated heterocycles. The number of unbranched alkanes of at least 4 members (excludes halogenated alkanes) is 21. The van der Waals surface area contributed by atoms with Crippen LogP contribution in [0.1, 0.15) is 258 Å². The van der Waals surface area contributed by atoms with Crippen LogP contribution in [-0.4, -0.2) is 36.4 Å². The van der Waals surface area contributed by atoms with Gasteiger partial charge in [0.2, 0.25) is 0 Å². The van der Waals surface area contributed by atoms with Gasteiger partial charge in [-0.25, -0.2) is 0 Å². The van der Waals surface area contributed by atoms with Gasteiger partial charge in [-0.15, -0.1) is 0 Å². The van der Waals surface area contributed by atoms with Gasteiger partial charge in [0, 0.05) is 12.8 Å². The zero-order chi connectivity index (χ0) is 54.8. The number of ether oxygens (including phenoxy) is 2. The van der Waals surface area contributed by atoms with Gasteiger partial charge in [0.1, 0.15) is 6.61 Å². The molecule has 5 heteroatoms. The highest BCUT2D eigenvalue weighted by Gasteiger charge is 2.16. The largest absolute Gasteiger partial charge is 0.462 e. The molecule has 0 aromatic heterocycles. The highest BCUT2D eigenvalue weighted by Crippen LogP contribution is 2.14. The molecule has 0 amide bonds. The Hall–Kier alpha value is -4.48. The molecular formula is C71H114O5. The van der Waals surface area contributed by atoms with E-state index in [4.69, 9.17) is 9.47 Å². The molecule has 1 atom stereocenters. The zero-order valence-electron chi connectivity index (χ0n) is 49.0. The maximum absolute atomic E-state index is 12.3. The van der Waals surface area contributed by atoms with E-state index in [-0.39, 0.29) is 25.2 Å². The summed E-state index contributed by atoms with van der Waals surface area (Å²) in [6.45, 7) is 4.00. The van der Waals surface area contributed by atoms with Gasteiger partial charge < -0.3 is 14.6 Å². The van der Waals surface area contributed by atoms with E-state index in [1.54, 1.807) is 0 Å². The summed E-state index contributed by atoms with van der Waals surface area (Å²) >= 11 is 0. The average Bonchev–Trinajstić information content (AvgIpc) is 3.42. The van der Waals surface area contributed by atoms with E-state index < -0.39 is 6.10 Å². The Morgan fingerprint density at radius 3 is 0.855 bits per heavy atom. The molecule has 0 saturated carbocycles. The van der Waals surface area contributed by atoms with E-state index in [0.29, 0.717) is 12.8 Å². The Labute approximate surface area is 469 Å². The molecule has 1 unspecified atom stereocenters. The van der Waals surface area contributed by atoms with Crippen LogP contribution >= 0.6 is 0 Å². The molecule has 0 rings (SSSR count). The van der Waals surface area contributed by atoms with Gasteiger partial charge in [0.05, 0.1) is 6.61 Å². The van der Waals surface area contributed by atoms with E-state index in [9.17, 15) is 14.7 Å². The van der Waals surface area contributed by atoms with Crippen molar-refractivity contribution in [3.63, 3.8) is 0 Å². The monoisotopic (exact) mass is 1050 g/mol. The first-order valence-electron chi connectivity index (χ1n) is 31.0. The fraction of sp³-hybridized carbons (Fsp3) is 0.606. The van der Waals surface area contributed by atoms with Gasteiger partial charge in [0.15, 0.2) is 6.10 Å². The fourth-order valence-corrected chi connectivity index (χ4v) is 8.18. The Kier molecular flexibility index (Phi) is 61.0. The molecule has 0 bridgehead atoms. The molecule has 76 heavy (non-hydrogen) atoms. The molecule has 0 heterocycles. The third-order valence-electron chi connectivity index (χ3n) is 12.8. The van der Waals surface area contributed by atoms with Crippen LogP contribution in [0.15, 0.2) is 158 Å². The molecule has 1 N–H and O–H groups in total. The lowest BCUT2D eigenvalue weighted by atomic mass is 10.0. The van der Waals surface area contributed by atoms with Crippen LogP contribution in [-0.2, 0) is 19.1 Å². The van der Waals surface area contributed by atoms with Gasteiger partial charge in [-0.3, -0.25) is 9.59 Å². The third kappa shape index (κ3) is 62.1. The van der Waals surface area contributed by atoms with Crippen molar-refractivity contribution in [3.8, 4) is 0 Å². The van der Waals surface area contributed by atoms with Crippen LogP contribution in [0, 0.1) is 0 Å². The molecule has 0 aromatic carbocycles. The van der Waals surface area contributed by atoms with E-state index in [2.05, 4.69) is 172 Å². The predicted octanol–water partition coefficient (Wildman–Crippen LogP) is 21.5. The van der Waals surface area contributed by atoms with Crippen molar-refractivity contribution in [1.82, 2.24) is 0 Å². The van der Waals surface area contributed by atoms with Gasteiger partial charge in [-0.2, -0.15) is 0 Å². The van der Waals surface area contributed by atoms with E-state index in [1.807, 2.05) is 0 Å². The van der Waals surface area contributed by atoms with Crippen molar-refractivity contribution in [2.24, 2.45) is 0 Å². The van der Waals surface area contributed by atoms with Crippen LogP contribution in [0.3, 0.4) is 0 Å². The standard InChI is InChI=1S/C71H114O5/c1-3-5-7-9-11-13-15-17-19-21-23-25-26-27-28-29-30-31-32-33-34-35-36-37-38-39-40-41-42-43-44-46-48-50-52-54-56-58-60-62-64-66-71(74)76-69(67-72)68-75-70(73)65-63-61-59-57-55-53-51-49-47-45-24-22-20-18-16-14-12-10-8-6-4-2/h5,7,11,13,16-19,22-25,27-28,30-31,33-34,36-37,39-40,42-43,47,49,69,72H,3-4,6,8-10,12,14-15,20-21,26,29,32,35,38,41,44-46,48,50-68H2,1-2H3/b7-5-,13-11-,18-16-,19-17-,24-22-,25-23-,28-27-,31-30-,34-33-,37-36-,40-39-,43-42-,49-47-. The lowest BCUT2D eigenvalue weighted by Crippen LogP contribution is -2.28. The molecule has 0 fully saturated rings. The number of aliphatic hydroxyl groups excluding tert-OH is 1. The summed E-state index contributed by atoms with van der Waals surface area (Å²) in [6.07, 6.45) is 99.4. The Balaban J connectivity index is 3.60. The second-order valence-electron chi connectivity index (χ2n) is 20.0. The maximum atomic E-state index is 12.3. The van der Waals surface area contributed by atoms with Crippen LogP contribution in [0.5, 0.6) is 0 Å². The first-order valence-corrected chi connectivity index (χ1v) is 31.0. The summed E-state index contributed by atoms with van der Waals surface area (Å²) in [5.41, 5.74) is 0. The van der Waals surface area contributed by atoms with Gasteiger partial charge >= 0.3 is 11.9 Å². The van der Waals surface area contributed by atoms with Gasteiger partial charge in [0.25, 0.3) is 0 Å². The number of allylic oxidation sites excluding steroid dienone is 26. The Morgan fingerprint density at radius 1 is 0.316 bits per heavy atom. The van der Waals surface area contributed by atoms with Gasteiger partial charge in [-0.05, 0) is 128 Å². The Morgan fingerprint density at radius 2 is 0.566 bits per heavy atom. The summed E-state index contributed by atoms with van der Waals surface area (Å²) in [7, 11) is 0. The number of hydrogen-bond acceptors (Lipinski definition) is 5. The first kappa shape index (κ1) is 71.5. The van der Waals surface area contributed by atoms with Gasteiger partial charge in [-0.1, -0.05) is 275 Å². The first-order chi connectivity index (χ1) is 37.6. The number of carbonyl (C=O) groups is 2. The van der Waals surface area contributed by atoms with Crippen molar-refractivity contribution in [2.45, 2.75) is 264 Å². The molecule has 0 radical (unpaired) electrons. The van der Waals surface area contributed by atoms with Crippen molar-refractivity contribution < 1.29 is 24.2 Å². The van der Waals surface area contributed by atoms with Crippen LogP contribution in [0.4, 0.5) is 0 Å². The molecule has 0 aromatic rings. The van der Waals surface area contributed by atoms with Crippen LogP contribution < -0.4 is 0 Å². The maximum Gasteiger partial charge on any atom is 0.306 e. The van der Waals surface area contributed by atoms with E-state index in [1.165, 1.54) is 109 Å². The smallest absolute Gasteiger partial charge is 0.306 e. The fourth-order valence-electron chi connectivity index (χ4n) is 8.18. The molecule has 428 valence electrons. The SMILES string of the molecule is CC/C=C\C/C=C\C/C=C\C/C=C\C/C=C\C/C=C\C/C=C\C/C=C\C/C=C\C/C=C\CCCCCCCCCCCCC(=O)OC(CO)COC(=O)CCCCCCCC/C=C\C/C=C\C/C=C\CCCCCCC. The Bertz CT molecular complexity index is 1660. The summed E-state index contributed by atoms with van der Waals surface area (Å²) < 4.78 is 10.7. The predicted molar refractivity (Wildman–Crippen MR) is 334 cm³/mol. The van der Waals surface area contributed by atoms with Crippen molar-refractivity contribution in [2.75, 3.05) is 13.2 Å². The summed E-state index contributed by atoms with van der Waals surface area (Å²) in [5, 5.41) is 9.67. The number of carbonyl (C=O) groups excluding carboxylic acids is 2. The molecule has 0 aliphatic heterocycles. The van der Waals surface area contributed by atoms with Crippen molar-refractivity contribution >= 4 is 11.9 Å². The molecule has 0 aliphatic rings. The zero-order valence-corrected chi connectivity index (χ0v) is 49.0. The van der Waals surface area contributed by atoms with Crippen LogP contribution in [0.25, 0.3) is 0 Å². The molecule has 0 spiro atoms. The lowest BCUT2D eigenvalue weighted by Gasteiger charge is -2.15.